The van der Waals surface area contributed by atoms with Crippen molar-refractivity contribution in [3.8, 4) is 0 Å². The van der Waals surface area contributed by atoms with Crippen LogP contribution in [-0.4, -0.2) is 31.3 Å². The molecule has 1 unspecified atom stereocenters. The van der Waals surface area contributed by atoms with Crippen LogP contribution in [0.2, 0.25) is 0 Å². The number of hydrogen-bond acceptors (Lipinski definition) is 5. The van der Waals surface area contributed by atoms with Crippen LogP contribution in [0.5, 0.6) is 0 Å². The van der Waals surface area contributed by atoms with Gasteiger partial charge in [-0.15, -0.1) is 0 Å². The number of benzene rings is 3. The lowest BCUT2D eigenvalue weighted by atomic mass is 9.86. The van der Waals surface area contributed by atoms with Gasteiger partial charge in [0.05, 0.1) is 16.0 Å². The minimum Gasteiger partial charge on any atom is -0.480 e. The molecule has 1 atom stereocenters. The number of carbonyl (C=O) groups is 1. The highest BCUT2D eigenvalue weighted by atomic mass is 32.2. The molecule has 0 spiro atoms. The maximum atomic E-state index is 12.4. The topological polar surface area (TPSA) is 98.3 Å². The average molecular weight is 504 g/mol. The van der Waals surface area contributed by atoms with Crippen molar-refractivity contribution in [2.24, 2.45) is 5.41 Å². The molecule has 1 heterocycles. The second kappa shape index (κ2) is 10.5. The Labute approximate surface area is 214 Å². The van der Waals surface area contributed by atoms with E-state index in [4.69, 9.17) is 0 Å². The fourth-order valence-electron chi connectivity index (χ4n) is 4.56. The molecule has 0 saturated heterocycles. The molecule has 0 radical (unpaired) electrons. The lowest BCUT2D eigenvalue weighted by Gasteiger charge is -2.30. The fraction of sp³-hybridized carbons (Fsp3) is 0.286. The van der Waals surface area contributed by atoms with Crippen LogP contribution in [0.1, 0.15) is 50.3 Å². The Kier molecular flexibility index (Phi) is 7.45. The number of fused-ring (bicyclic) bond motifs is 1. The van der Waals surface area contributed by atoms with Gasteiger partial charge < -0.3 is 9.67 Å². The minimum atomic E-state index is -0.964. The summed E-state index contributed by atoms with van der Waals surface area (Å²) in [7, 11) is 0. The van der Waals surface area contributed by atoms with Gasteiger partial charge in [-0.3, -0.25) is 10.1 Å². The first-order valence-corrected chi connectivity index (χ1v) is 12.8. The van der Waals surface area contributed by atoms with Crippen LogP contribution >= 0.6 is 11.8 Å². The summed E-state index contributed by atoms with van der Waals surface area (Å²) >= 11 is 1.49. The van der Waals surface area contributed by atoms with Crippen molar-refractivity contribution < 1.29 is 14.8 Å². The first-order valence-electron chi connectivity index (χ1n) is 11.8. The van der Waals surface area contributed by atoms with Gasteiger partial charge >= 0.3 is 5.97 Å². The number of thioether (sulfide) groups is 1. The number of carboxylic acid groups (broad SMARTS) is 1. The first-order chi connectivity index (χ1) is 17.2. The highest BCUT2D eigenvalue weighted by Gasteiger charge is 2.36. The Hall–Kier alpha value is -3.65. The Bertz CT molecular complexity index is 1320. The second-order valence-electron chi connectivity index (χ2n) is 9.81. The van der Waals surface area contributed by atoms with Crippen LogP contribution in [0, 0.1) is 15.5 Å². The minimum absolute atomic E-state index is 0.0699. The molecule has 0 aliphatic rings. The number of nitrogens with zero attached hydrogens (tertiary/aromatic N) is 3. The van der Waals surface area contributed by atoms with Crippen LogP contribution in [0.4, 0.5) is 5.69 Å². The van der Waals surface area contributed by atoms with E-state index < -0.39 is 22.3 Å². The summed E-state index contributed by atoms with van der Waals surface area (Å²) in [6.07, 6.45) is 0.815. The summed E-state index contributed by atoms with van der Waals surface area (Å²) in [5, 5.41) is 22.0. The van der Waals surface area contributed by atoms with Crippen molar-refractivity contribution in [3.63, 3.8) is 0 Å². The summed E-state index contributed by atoms with van der Waals surface area (Å²) in [6.45, 7) is 5.62. The Balaban J connectivity index is 1.70. The SMILES string of the molecule is CC(C)(C)C(C(=O)O)n1c(SCCC(c2ccccc2)c2ccccc2)nc2cc([N+](=O)[O-])ccc21. The highest BCUT2D eigenvalue weighted by Crippen LogP contribution is 2.39. The standard InChI is InChI=1S/C28H29N3O4S/c1-28(2,3)25(26(32)33)30-24-15-14-21(31(34)35)18-23(24)29-27(30)36-17-16-22(19-10-6-4-7-11-19)20-12-8-5-9-13-20/h4-15,18,22,25H,16-17H2,1-3H3,(H,32,33). The number of aromatic nitrogens is 2. The predicted molar refractivity (Wildman–Crippen MR) is 143 cm³/mol. The molecule has 186 valence electrons. The third kappa shape index (κ3) is 5.44. The van der Waals surface area contributed by atoms with Crippen LogP contribution in [0.25, 0.3) is 11.0 Å². The van der Waals surface area contributed by atoms with Crippen molar-refractivity contribution in [3.05, 3.63) is 100 Å². The van der Waals surface area contributed by atoms with Crippen LogP contribution in [0.3, 0.4) is 0 Å². The molecule has 1 aromatic heterocycles. The molecule has 0 saturated carbocycles. The van der Waals surface area contributed by atoms with Gasteiger partial charge in [0, 0.05) is 23.8 Å². The van der Waals surface area contributed by atoms with E-state index in [1.165, 1.54) is 35.0 Å². The zero-order chi connectivity index (χ0) is 25.9. The van der Waals surface area contributed by atoms with E-state index in [1.54, 1.807) is 10.6 Å². The maximum Gasteiger partial charge on any atom is 0.327 e. The number of rotatable bonds is 9. The number of aliphatic carboxylic acids is 1. The third-order valence-corrected chi connectivity index (χ3v) is 7.19. The molecule has 3 aromatic carbocycles. The molecule has 8 heteroatoms. The molecular formula is C28H29N3O4S. The van der Waals surface area contributed by atoms with Crippen molar-refractivity contribution in [1.82, 2.24) is 9.55 Å². The monoisotopic (exact) mass is 503 g/mol. The molecule has 36 heavy (non-hydrogen) atoms. The molecule has 4 aromatic rings. The van der Waals surface area contributed by atoms with E-state index in [2.05, 4.69) is 29.2 Å². The lowest BCUT2D eigenvalue weighted by molar-refractivity contribution is -0.384. The van der Waals surface area contributed by atoms with E-state index >= 15 is 0 Å². The van der Waals surface area contributed by atoms with Crippen LogP contribution in [0.15, 0.2) is 84.0 Å². The van der Waals surface area contributed by atoms with Gasteiger partial charge in [-0.1, -0.05) is 93.2 Å². The van der Waals surface area contributed by atoms with Crippen molar-refractivity contribution in [1.29, 1.82) is 0 Å². The van der Waals surface area contributed by atoms with Gasteiger partial charge in [0.2, 0.25) is 0 Å². The number of non-ortho nitro benzene ring substituents is 1. The molecule has 0 amide bonds. The zero-order valence-corrected chi connectivity index (χ0v) is 21.3. The molecule has 0 bridgehead atoms. The van der Waals surface area contributed by atoms with E-state index in [1.807, 2.05) is 57.2 Å². The van der Waals surface area contributed by atoms with E-state index in [-0.39, 0.29) is 11.6 Å². The summed E-state index contributed by atoms with van der Waals surface area (Å²) in [4.78, 5) is 27.9. The number of nitro groups is 1. The van der Waals surface area contributed by atoms with Crippen LogP contribution < -0.4 is 0 Å². The van der Waals surface area contributed by atoms with Gasteiger partial charge in [-0.2, -0.15) is 0 Å². The Morgan fingerprint density at radius 3 is 2.11 bits per heavy atom. The number of nitro benzene ring substituents is 1. The molecule has 0 aliphatic carbocycles. The summed E-state index contributed by atoms with van der Waals surface area (Å²) in [5.74, 6) is -0.0961. The third-order valence-electron chi connectivity index (χ3n) is 6.21. The summed E-state index contributed by atoms with van der Waals surface area (Å²) in [6, 6.07) is 24.1. The lowest BCUT2D eigenvalue weighted by Crippen LogP contribution is -2.32. The number of hydrogen-bond donors (Lipinski definition) is 1. The van der Waals surface area contributed by atoms with Crippen LogP contribution in [-0.2, 0) is 4.79 Å². The molecule has 1 N–H and O–H groups in total. The summed E-state index contributed by atoms with van der Waals surface area (Å²) in [5.41, 5.74) is 2.75. The van der Waals surface area contributed by atoms with Gasteiger partial charge in [0.1, 0.15) is 6.04 Å². The highest BCUT2D eigenvalue weighted by molar-refractivity contribution is 7.99. The van der Waals surface area contributed by atoms with E-state index in [0.29, 0.717) is 21.9 Å². The van der Waals surface area contributed by atoms with E-state index in [9.17, 15) is 20.0 Å². The Morgan fingerprint density at radius 1 is 1.03 bits per heavy atom. The largest absolute Gasteiger partial charge is 0.480 e. The average Bonchev–Trinajstić information content (AvgIpc) is 3.18. The maximum absolute atomic E-state index is 12.4. The van der Waals surface area contributed by atoms with Crippen molar-refractivity contribution in [2.45, 2.75) is 44.3 Å². The van der Waals surface area contributed by atoms with Gasteiger partial charge in [0.25, 0.3) is 5.69 Å². The molecular weight excluding hydrogens is 474 g/mol. The predicted octanol–water partition coefficient (Wildman–Crippen LogP) is 6.93. The molecule has 0 aliphatic heterocycles. The number of imidazole rings is 1. The fourth-order valence-corrected chi connectivity index (χ4v) is 5.60. The second-order valence-corrected chi connectivity index (χ2v) is 10.9. The smallest absolute Gasteiger partial charge is 0.327 e. The summed E-state index contributed by atoms with van der Waals surface area (Å²) < 4.78 is 1.73. The van der Waals surface area contributed by atoms with E-state index in [0.717, 1.165) is 6.42 Å². The quantitative estimate of drug-likeness (QED) is 0.151. The molecule has 7 nitrogen and oxygen atoms in total. The molecule has 0 fully saturated rings. The molecule has 4 rings (SSSR count). The Morgan fingerprint density at radius 2 is 1.61 bits per heavy atom. The zero-order valence-electron chi connectivity index (χ0n) is 20.5. The van der Waals surface area contributed by atoms with Crippen molar-refractivity contribution in [2.75, 3.05) is 5.75 Å². The normalized spacial score (nSPS) is 12.7. The van der Waals surface area contributed by atoms with Gasteiger partial charge in [-0.25, -0.2) is 9.78 Å². The van der Waals surface area contributed by atoms with Crippen molar-refractivity contribution >= 4 is 34.5 Å². The van der Waals surface area contributed by atoms with Gasteiger partial charge in [0.15, 0.2) is 5.16 Å². The van der Waals surface area contributed by atoms with Gasteiger partial charge in [-0.05, 0) is 29.0 Å². The first kappa shape index (κ1) is 25.4. The number of carboxylic acids is 1.